The molecule has 0 fully saturated rings. The Kier molecular flexibility index (Phi) is 5.49. The van der Waals surface area contributed by atoms with Crippen molar-refractivity contribution in [3.05, 3.63) is 34.9 Å². The number of aliphatic hydroxyl groups is 2. The lowest BCUT2D eigenvalue weighted by molar-refractivity contribution is -0.119. The average molecular weight is 262 g/mol. The lowest BCUT2D eigenvalue weighted by Crippen LogP contribution is -2.27. The van der Waals surface area contributed by atoms with Crippen LogP contribution in [0, 0.1) is 18.3 Å². The minimum Gasteiger partial charge on any atom is -0.390 e. The van der Waals surface area contributed by atoms with Gasteiger partial charge in [-0.25, -0.2) is 0 Å². The normalized spacial score (nSPS) is 13.4. The predicted octanol–water partition coefficient (Wildman–Crippen LogP) is 0.787. The van der Waals surface area contributed by atoms with Gasteiger partial charge < -0.3 is 15.5 Å². The number of amides is 1. The third-order valence-electron chi connectivity index (χ3n) is 2.89. The molecule has 1 rings (SSSR count). The Morgan fingerprint density at radius 2 is 2.16 bits per heavy atom. The van der Waals surface area contributed by atoms with Gasteiger partial charge in [0.2, 0.25) is 5.91 Å². The van der Waals surface area contributed by atoms with E-state index in [1.807, 2.05) is 6.07 Å². The molecule has 0 saturated carbocycles. The number of hydrogen-bond donors (Lipinski definition) is 3. The molecular formula is C14H18N2O3. The first-order valence-corrected chi connectivity index (χ1v) is 6.07. The maximum Gasteiger partial charge on any atom is 0.216 e. The smallest absolute Gasteiger partial charge is 0.216 e. The van der Waals surface area contributed by atoms with Crippen LogP contribution in [-0.4, -0.2) is 28.8 Å². The maximum atomic E-state index is 10.7. The van der Waals surface area contributed by atoms with Crippen LogP contribution in [0.4, 0.5) is 0 Å². The van der Waals surface area contributed by atoms with Crippen LogP contribution in [0.3, 0.4) is 0 Å². The summed E-state index contributed by atoms with van der Waals surface area (Å²) in [6, 6.07) is 6.97. The van der Waals surface area contributed by atoms with E-state index in [0.29, 0.717) is 17.7 Å². The second-order valence-electron chi connectivity index (χ2n) is 4.47. The predicted molar refractivity (Wildman–Crippen MR) is 70.2 cm³/mol. The van der Waals surface area contributed by atoms with Crippen molar-refractivity contribution in [3.63, 3.8) is 0 Å². The van der Waals surface area contributed by atoms with Crippen LogP contribution in [0.1, 0.15) is 36.1 Å². The SMILES string of the molecule is CC(=O)NCCC(O)C(O)c1ccc(C#N)c(C)c1. The van der Waals surface area contributed by atoms with E-state index >= 15 is 0 Å². The average Bonchev–Trinajstić information content (AvgIpc) is 2.37. The van der Waals surface area contributed by atoms with Gasteiger partial charge in [-0.2, -0.15) is 5.26 Å². The van der Waals surface area contributed by atoms with Crippen LogP contribution < -0.4 is 5.32 Å². The summed E-state index contributed by atoms with van der Waals surface area (Å²) >= 11 is 0. The van der Waals surface area contributed by atoms with Crippen molar-refractivity contribution in [2.24, 2.45) is 0 Å². The standard InChI is InChI=1S/C14H18N2O3/c1-9-7-11(3-4-12(9)8-15)14(19)13(18)5-6-16-10(2)17/h3-4,7,13-14,18-19H,5-6H2,1-2H3,(H,16,17). The number of benzene rings is 1. The zero-order valence-electron chi connectivity index (χ0n) is 11.1. The third kappa shape index (κ3) is 4.36. The van der Waals surface area contributed by atoms with Gasteiger partial charge in [0.25, 0.3) is 0 Å². The number of rotatable bonds is 5. The summed E-state index contributed by atoms with van der Waals surface area (Å²) < 4.78 is 0. The molecule has 2 atom stereocenters. The molecule has 0 radical (unpaired) electrons. The molecule has 0 aliphatic carbocycles. The number of aryl methyl sites for hydroxylation is 1. The molecule has 1 amide bonds. The molecule has 19 heavy (non-hydrogen) atoms. The first-order chi connectivity index (χ1) is 8.95. The van der Waals surface area contributed by atoms with E-state index < -0.39 is 12.2 Å². The van der Waals surface area contributed by atoms with Crippen molar-refractivity contribution in [1.29, 1.82) is 5.26 Å². The molecule has 0 saturated heterocycles. The summed E-state index contributed by atoms with van der Waals surface area (Å²) in [4.78, 5) is 10.7. The largest absolute Gasteiger partial charge is 0.390 e. The van der Waals surface area contributed by atoms with E-state index in [1.165, 1.54) is 6.92 Å². The van der Waals surface area contributed by atoms with Gasteiger partial charge in [0.15, 0.2) is 0 Å². The van der Waals surface area contributed by atoms with E-state index in [4.69, 9.17) is 5.26 Å². The van der Waals surface area contributed by atoms with Crippen molar-refractivity contribution >= 4 is 5.91 Å². The number of nitrogens with zero attached hydrogens (tertiary/aromatic N) is 1. The highest BCUT2D eigenvalue weighted by Gasteiger charge is 2.18. The van der Waals surface area contributed by atoms with Gasteiger partial charge in [-0.1, -0.05) is 12.1 Å². The molecule has 0 bridgehead atoms. The summed E-state index contributed by atoms with van der Waals surface area (Å²) in [5.74, 6) is -0.170. The molecule has 0 aromatic heterocycles. The Hall–Kier alpha value is -1.90. The van der Waals surface area contributed by atoms with Crippen LogP contribution in [-0.2, 0) is 4.79 Å². The number of aliphatic hydroxyl groups excluding tert-OH is 2. The van der Waals surface area contributed by atoms with Crippen molar-refractivity contribution < 1.29 is 15.0 Å². The Morgan fingerprint density at radius 1 is 1.47 bits per heavy atom. The van der Waals surface area contributed by atoms with Crippen molar-refractivity contribution in [1.82, 2.24) is 5.32 Å². The fraction of sp³-hybridized carbons (Fsp3) is 0.429. The maximum absolute atomic E-state index is 10.7. The summed E-state index contributed by atoms with van der Waals surface area (Å²) in [5.41, 5.74) is 1.86. The molecule has 0 aliphatic heterocycles. The van der Waals surface area contributed by atoms with E-state index in [-0.39, 0.29) is 12.3 Å². The van der Waals surface area contributed by atoms with E-state index in [0.717, 1.165) is 5.56 Å². The Labute approximate surface area is 112 Å². The van der Waals surface area contributed by atoms with Gasteiger partial charge in [0.1, 0.15) is 6.10 Å². The topological polar surface area (TPSA) is 93.3 Å². The van der Waals surface area contributed by atoms with E-state index in [1.54, 1.807) is 25.1 Å². The lowest BCUT2D eigenvalue weighted by Gasteiger charge is -2.18. The molecule has 0 heterocycles. The molecular weight excluding hydrogens is 244 g/mol. The molecule has 5 nitrogen and oxygen atoms in total. The van der Waals surface area contributed by atoms with Crippen molar-refractivity contribution in [3.8, 4) is 6.07 Å². The first-order valence-electron chi connectivity index (χ1n) is 6.07. The van der Waals surface area contributed by atoms with Gasteiger partial charge in [0, 0.05) is 13.5 Å². The molecule has 1 aromatic carbocycles. The minimum atomic E-state index is -1.03. The van der Waals surface area contributed by atoms with Gasteiger partial charge in [-0.05, 0) is 30.5 Å². The van der Waals surface area contributed by atoms with Crippen molar-refractivity contribution in [2.75, 3.05) is 6.54 Å². The van der Waals surface area contributed by atoms with Gasteiger partial charge in [-0.3, -0.25) is 4.79 Å². The first kappa shape index (κ1) is 15.2. The monoisotopic (exact) mass is 262 g/mol. The zero-order valence-corrected chi connectivity index (χ0v) is 11.1. The number of carbonyl (C=O) groups excluding carboxylic acids is 1. The fourth-order valence-corrected chi connectivity index (χ4v) is 1.77. The summed E-state index contributed by atoms with van der Waals surface area (Å²) in [6.07, 6.45) is -1.72. The van der Waals surface area contributed by atoms with E-state index in [2.05, 4.69) is 5.32 Å². The number of hydrogen-bond acceptors (Lipinski definition) is 4. The molecule has 1 aromatic rings. The summed E-state index contributed by atoms with van der Waals surface area (Å²) in [6.45, 7) is 3.48. The Balaban J connectivity index is 2.66. The highest BCUT2D eigenvalue weighted by molar-refractivity contribution is 5.72. The van der Waals surface area contributed by atoms with Crippen LogP contribution in [0.25, 0.3) is 0 Å². The highest BCUT2D eigenvalue weighted by Crippen LogP contribution is 2.21. The number of nitrogens with one attached hydrogen (secondary N) is 1. The van der Waals surface area contributed by atoms with E-state index in [9.17, 15) is 15.0 Å². The second-order valence-corrected chi connectivity index (χ2v) is 4.47. The summed E-state index contributed by atoms with van der Waals surface area (Å²) in [5, 5.41) is 31.2. The zero-order chi connectivity index (χ0) is 14.4. The molecule has 3 N–H and O–H groups in total. The quantitative estimate of drug-likeness (QED) is 0.731. The van der Waals surface area contributed by atoms with Gasteiger partial charge in [-0.15, -0.1) is 0 Å². The molecule has 0 aliphatic rings. The minimum absolute atomic E-state index is 0.170. The van der Waals surface area contributed by atoms with Gasteiger partial charge >= 0.3 is 0 Å². The molecule has 0 spiro atoms. The third-order valence-corrected chi connectivity index (χ3v) is 2.89. The van der Waals surface area contributed by atoms with Crippen LogP contribution in [0.2, 0.25) is 0 Å². The lowest BCUT2D eigenvalue weighted by atomic mass is 9.98. The molecule has 102 valence electrons. The molecule has 2 unspecified atom stereocenters. The summed E-state index contributed by atoms with van der Waals surface area (Å²) in [7, 11) is 0. The van der Waals surface area contributed by atoms with Crippen LogP contribution in [0.15, 0.2) is 18.2 Å². The second kappa shape index (κ2) is 6.88. The highest BCUT2D eigenvalue weighted by atomic mass is 16.3. The number of carbonyl (C=O) groups is 1. The molecule has 5 heteroatoms. The van der Waals surface area contributed by atoms with Gasteiger partial charge in [0.05, 0.1) is 17.7 Å². The Morgan fingerprint density at radius 3 is 2.68 bits per heavy atom. The number of nitriles is 1. The van der Waals surface area contributed by atoms with Crippen LogP contribution >= 0.6 is 0 Å². The Bertz CT molecular complexity index is 494. The van der Waals surface area contributed by atoms with Crippen LogP contribution in [0.5, 0.6) is 0 Å². The fourth-order valence-electron chi connectivity index (χ4n) is 1.77. The van der Waals surface area contributed by atoms with Crippen molar-refractivity contribution in [2.45, 2.75) is 32.5 Å².